The maximum absolute atomic E-state index is 13.2. The fourth-order valence-electron chi connectivity index (χ4n) is 3.42. The monoisotopic (exact) mass is 423 g/mol. The van der Waals surface area contributed by atoms with Crippen molar-refractivity contribution in [2.45, 2.75) is 42.1 Å². The largest absolute Gasteiger partial charge is 0.476 e. The van der Waals surface area contributed by atoms with Crippen LogP contribution in [0.3, 0.4) is 0 Å². The van der Waals surface area contributed by atoms with E-state index in [9.17, 15) is 14.0 Å². The molecule has 3 atom stereocenters. The van der Waals surface area contributed by atoms with E-state index >= 15 is 0 Å². The summed E-state index contributed by atoms with van der Waals surface area (Å²) in [6.07, 6.45) is 1.18. The van der Waals surface area contributed by atoms with Gasteiger partial charge in [0.1, 0.15) is 5.82 Å². The molecule has 6 nitrogen and oxygen atoms in total. The summed E-state index contributed by atoms with van der Waals surface area (Å²) in [6.45, 7) is 2.52. The second kappa shape index (κ2) is 9.02. The van der Waals surface area contributed by atoms with Crippen LogP contribution in [0.2, 0.25) is 0 Å². The second-order valence-corrected chi connectivity index (χ2v) is 8.96. The molecular weight excluding hydrogens is 401 g/mol. The van der Waals surface area contributed by atoms with Gasteiger partial charge < -0.3 is 15.7 Å². The number of hydrogen-bond acceptors (Lipinski definition) is 6. The molecule has 1 aromatic heterocycles. The van der Waals surface area contributed by atoms with Gasteiger partial charge in [-0.05, 0) is 30.0 Å². The summed E-state index contributed by atoms with van der Waals surface area (Å²) in [6, 6.07) is 6.00. The number of aromatic nitrogens is 1. The van der Waals surface area contributed by atoms with Gasteiger partial charge in [0.2, 0.25) is 5.91 Å². The van der Waals surface area contributed by atoms with E-state index in [2.05, 4.69) is 4.98 Å². The van der Waals surface area contributed by atoms with Crippen molar-refractivity contribution in [2.75, 3.05) is 12.3 Å². The number of nitrogens with zero attached hydrogens (tertiary/aromatic N) is 2. The van der Waals surface area contributed by atoms with E-state index in [1.807, 2.05) is 11.8 Å². The van der Waals surface area contributed by atoms with Crippen molar-refractivity contribution in [3.8, 4) is 0 Å². The normalized spacial score (nSPS) is 19.0. The van der Waals surface area contributed by atoms with Crippen molar-refractivity contribution in [3.05, 3.63) is 46.7 Å². The smallest absolute Gasteiger partial charge is 0.355 e. The molecule has 150 valence electrons. The van der Waals surface area contributed by atoms with Crippen molar-refractivity contribution in [3.63, 3.8) is 0 Å². The first-order valence-electron chi connectivity index (χ1n) is 8.99. The Bertz CT molecular complexity index is 843. The minimum absolute atomic E-state index is 0.0104. The molecule has 2 heterocycles. The van der Waals surface area contributed by atoms with Crippen LogP contribution in [0.5, 0.6) is 0 Å². The van der Waals surface area contributed by atoms with Crippen LogP contribution in [0.15, 0.2) is 34.0 Å². The van der Waals surface area contributed by atoms with E-state index in [0.29, 0.717) is 29.5 Å². The molecule has 0 aliphatic carbocycles. The van der Waals surface area contributed by atoms with Gasteiger partial charge in [0, 0.05) is 36.2 Å². The summed E-state index contributed by atoms with van der Waals surface area (Å²) in [7, 11) is 0. The number of carboxylic acids is 1. The van der Waals surface area contributed by atoms with Gasteiger partial charge in [-0.15, -0.1) is 11.3 Å². The molecular formula is C19H22FN3O3S2. The number of hydrogen-bond donors (Lipinski definition) is 2. The quantitative estimate of drug-likeness (QED) is 0.633. The number of likely N-dealkylation sites (tertiary alicyclic amines) is 1. The lowest BCUT2D eigenvalue weighted by atomic mass is 9.88. The predicted molar refractivity (Wildman–Crippen MR) is 107 cm³/mol. The number of aromatic carboxylic acids is 1. The molecule has 1 saturated heterocycles. The van der Waals surface area contributed by atoms with Crippen molar-refractivity contribution < 1.29 is 19.1 Å². The Morgan fingerprint density at radius 1 is 1.46 bits per heavy atom. The minimum atomic E-state index is -1.04. The summed E-state index contributed by atoms with van der Waals surface area (Å²) in [5.41, 5.74) is 7.48. The highest BCUT2D eigenvalue weighted by atomic mass is 32.2. The van der Waals surface area contributed by atoms with Crippen LogP contribution < -0.4 is 5.73 Å². The molecule has 9 heteroatoms. The van der Waals surface area contributed by atoms with Crippen LogP contribution in [-0.4, -0.2) is 51.2 Å². The first-order chi connectivity index (χ1) is 13.4. The predicted octanol–water partition coefficient (Wildman–Crippen LogP) is 3.19. The van der Waals surface area contributed by atoms with Crippen molar-refractivity contribution >= 4 is 35.0 Å². The zero-order chi connectivity index (χ0) is 20.3. The van der Waals surface area contributed by atoms with Crippen LogP contribution in [0.4, 0.5) is 4.39 Å². The van der Waals surface area contributed by atoms with Crippen molar-refractivity contribution in [1.82, 2.24) is 9.88 Å². The molecule has 1 aliphatic heterocycles. The topological polar surface area (TPSA) is 96.5 Å². The fourth-order valence-corrected chi connectivity index (χ4v) is 5.23. The van der Waals surface area contributed by atoms with Gasteiger partial charge in [-0.25, -0.2) is 14.2 Å². The molecule has 3 rings (SSSR count). The van der Waals surface area contributed by atoms with Crippen LogP contribution in [0.25, 0.3) is 0 Å². The Hall–Kier alpha value is -1.97. The number of benzene rings is 1. The first-order valence-corrected chi connectivity index (χ1v) is 10.9. The Morgan fingerprint density at radius 2 is 2.18 bits per heavy atom. The molecule has 3 N–H and O–H groups in total. The molecule has 2 unspecified atom stereocenters. The van der Waals surface area contributed by atoms with Gasteiger partial charge in [-0.3, -0.25) is 4.79 Å². The van der Waals surface area contributed by atoms with E-state index in [-0.39, 0.29) is 35.4 Å². The molecule has 0 bridgehead atoms. The minimum Gasteiger partial charge on any atom is -0.476 e. The molecule has 1 aliphatic rings. The molecule has 1 fully saturated rings. The van der Waals surface area contributed by atoms with Crippen LogP contribution >= 0.6 is 23.1 Å². The lowest BCUT2D eigenvalue weighted by Crippen LogP contribution is -2.48. The van der Waals surface area contributed by atoms with Gasteiger partial charge in [-0.2, -0.15) is 0 Å². The molecule has 0 radical (unpaired) electrons. The average molecular weight is 424 g/mol. The van der Waals surface area contributed by atoms with E-state index in [1.54, 1.807) is 12.1 Å². The summed E-state index contributed by atoms with van der Waals surface area (Å²) in [5.74, 6) is -0.639. The third kappa shape index (κ3) is 4.71. The number of thiazole rings is 1. The van der Waals surface area contributed by atoms with Crippen molar-refractivity contribution in [2.24, 2.45) is 5.73 Å². The molecule has 0 spiro atoms. The van der Waals surface area contributed by atoms with Crippen LogP contribution in [-0.2, 0) is 4.79 Å². The van der Waals surface area contributed by atoms with Gasteiger partial charge in [-0.1, -0.05) is 30.8 Å². The van der Waals surface area contributed by atoms with Crippen molar-refractivity contribution in [1.29, 1.82) is 0 Å². The molecule has 2 aromatic rings. The van der Waals surface area contributed by atoms with Crippen LogP contribution in [0.1, 0.15) is 41.7 Å². The first kappa shape index (κ1) is 20.8. The lowest BCUT2D eigenvalue weighted by Gasteiger charge is -2.33. The molecule has 1 amide bonds. The number of carboxylic acid groups (broad SMARTS) is 1. The standard InChI is InChI=1S/C19H22FN3O3S2/c1-11(12-2-4-13(20)5-3-12)17(21)15-6-7-16(24)23(15)8-9-27-19-22-14(10-28-19)18(25)26/h2-5,10-11,15,17H,6-9,21H2,1H3,(H,25,26)/t11?,15-,17?/m1/s1. The third-order valence-corrected chi connectivity index (χ3v) is 7.05. The van der Waals surface area contributed by atoms with Gasteiger partial charge in [0.15, 0.2) is 10.0 Å². The molecule has 28 heavy (non-hydrogen) atoms. The number of nitrogens with two attached hydrogens (primary N) is 1. The third-order valence-electron chi connectivity index (χ3n) is 5.05. The van der Waals surface area contributed by atoms with E-state index < -0.39 is 5.97 Å². The summed E-state index contributed by atoms with van der Waals surface area (Å²) >= 11 is 2.72. The van der Waals surface area contributed by atoms with E-state index in [4.69, 9.17) is 10.8 Å². The number of carbonyl (C=O) groups is 2. The van der Waals surface area contributed by atoms with E-state index in [0.717, 1.165) is 5.56 Å². The highest BCUT2D eigenvalue weighted by Gasteiger charge is 2.37. The summed E-state index contributed by atoms with van der Waals surface area (Å²) in [4.78, 5) is 29.1. The zero-order valence-electron chi connectivity index (χ0n) is 15.4. The lowest BCUT2D eigenvalue weighted by molar-refractivity contribution is -0.129. The molecule has 0 saturated carbocycles. The molecule has 1 aromatic carbocycles. The average Bonchev–Trinajstić information content (AvgIpc) is 3.29. The van der Waals surface area contributed by atoms with Crippen LogP contribution in [0, 0.1) is 5.82 Å². The number of rotatable bonds is 8. The summed E-state index contributed by atoms with van der Waals surface area (Å²) < 4.78 is 13.8. The Kier molecular flexibility index (Phi) is 6.69. The highest BCUT2D eigenvalue weighted by molar-refractivity contribution is 8.01. The zero-order valence-corrected chi connectivity index (χ0v) is 17.0. The highest BCUT2D eigenvalue weighted by Crippen LogP contribution is 2.30. The number of carbonyl (C=O) groups excluding carboxylic acids is 1. The Morgan fingerprint density at radius 3 is 2.82 bits per heavy atom. The fraction of sp³-hybridized carbons (Fsp3) is 0.421. The Labute approximate surface area is 170 Å². The second-order valence-electron chi connectivity index (χ2n) is 6.76. The summed E-state index contributed by atoms with van der Waals surface area (Å²) in [5, 5.41) is 10.4. The Balaban J connectivity index is 1.60. The maximum Gasteiger partial charge on any atom is 0.355 e. The van der Waals surface area contributed by atoms with E-state index in [1.165, 1.54) is 40.6 Å². The SMILES string of the molecule is CC(c1ccc(F)cc1)C(N)[C@H]1CCC(=O)N1CCSc1nc(C(=O)O)cs1. The number of thioether (sulfide) groups is 1. The number of halogens is 1. The van der Waals surface area contributed by atoms with Gasteiger partial charge in [0.05, 0.1) is 0 Å². The number of amides is 1. The van der Waals surface area contributed by atoms with Gasteiger partial charge >= 0.3 is 5.97 Å². The maximum atomic E-state index is 13.2. The van der Waals surface area contributed by atoms with Gasteiger partial charge in [0.25, 0.3) is 0 Å².